The van der Waals surface area contributed by atoms with E-state index in [9.17, 15) is 8.42 Å². The van der Waals surface area contributed by atoms with E-state index in [1.54, 1.807) is 19.2 Å². The van der Waals surface area contributed by atoms with Crippen LogP contribution in [-0.2, 0) is 10.1 Å². The van der Waals surface area contributed by atoms with Gasteiger partial charge >= 0.3 is 0 Å². The van der Waals surface area contributed by atoms with Gasteiger partial charge < -0.3 is 5.32 Å². The van der Waals surface area contributed by atoms with Gasteiger partial charge in [0.2, 0.25) is 0 Å². The van der Waals surface area contributed by atoms with Crippen LogP contribution in [0.15, 0.2) is 12.3 Å². The smallest absolute Gasteiger partial charge is 0.268 e. The molecular weight excluding hydrogens is 214 g/mol. The van der Waals surface area contributed by atoms with Gasteiger partial charge in [0, 0.05) is 5.54 Å². The topological polar surface area (TPSA) is 66.4 Å². The van der Waals surface area contributed by atoms with Crippen LogP contribution in [0.2, 0.25) is 0 Å². The zero-order chi connectivity index (χ0) is 12.1. The lowest BCUT2D eigenvalue weighted by Crippen LogP contribution is -2.31. The summed E-state index contributed by atoms with van der Waals surface area (Å²) in [5, 5.41) is 2.40. The standard InChI is InChI=1S/C10H21NO3S/c1-5-9(15(12,13)14)7-6-8-11-10(2,3)4/h6,8-9,11H,5,7H2,1-4H3,(H,12,13,14). The second-order valence-electron chi connectivity index (χ2n) is 4.58. The molecule has 0 bridgehead atoms. The van der Waals surface area contributed by atoms with Crippen molar-refractivity contribution < 1.29 is 13.0 Å². The van der Waals surface area contributed by atoms with Crippen LogP contribution in [0.3, 0.4) is 0 Å². The Balaban J connectivity index is 4.14. The maximum atomic E-state index is 10.9. The summed E-state index contributed by atoms with van der Waals surface area (Å²) in [6.45, 7) is 7.77. The summed E-state index contributed by atoms with van der Waals surface area (Å²) in [5.41, 5.74) is -0.0314. The first-order valence-electron chi connectivity index (χ1n) is 5.06. The molecule has 90 valence electrons. The van der Waals surface area contributed by atoms with Gasteiger partial charge in [-0.25, -0.2) is 0 Å². The monoisotopic (exact) mass is 235 g/mol. The summed E-state index contributed by atoms with van der Waals surface area (Å²) in [4.78, 5) is 0. The highest BCUT2D eigenvalue weighted by Crippen LogP contribution is 2.09. The van der Waals surface area contributed by atoms with E-state index in [1.165, 1.54) is 0 Å². The zero-order valence-electron chi connectivity index (χ0n) is 9.82. The van der Waals surface area contributed by atoms with Gasteiger partial charge in [-0.15, -0.1) is 0 Å². The Bertz CT molecular complexity index is 301. The Kier molecular flexibility index (Phi) is 5.31. The molecule has 0 rings (SSSR count). The third-order valence-electron chi connectivity index (χ3n) is 1.91. The highest BCUT2D eigenvalue weighted by Gasteiger charge is 2.18. The minimum absolute atomic E-state index is 0.0314. The van der Waals surface area contributed by atoms with E-state index in [-0.39, 0.29) is 5.54 Å². The quantitative estimate of drug-likeness (QED) is 0.715. The first kappa shape index (κ1) is 14.5. The minimum atomic E-state index is -3.91. The Morgan fingerprint density at radius 1 is 1.40 bits per heavy atom. The summed E-state index contributed by atoms with van der Waals surface area (Å²) < 4.78 is 30.6. The molecule has 4 nitrogen and oxygen atoms in total. The molecule has 0 saturated heterocycles. The fraction of sp³-hybridized carbons (Fsp3) is 0.800. The van der Waals surface area contributed by atoms with Crippen LogP contribution in [0, 0.1) is 0 Å². The van der Waals surface area contributed by atoms with Gasteiger partial charge in [0.15, 0.2) is 0 Å². The molecule has 0 aliphatic rings. The third kappa shape index (κ3) is 7.39. The molecule has 15 heavy (non-hydrogen) atoms. The highest BCUT2D eigenvalue weighted by atomic mass is 32.2. The van der Waals surface area contributed by atoms with E-state index >= 15 is 0 Å². The van der Waals surface area contributed by atoms with Gasteiger partial charge in [0.05, 0.1) is 5.25 Å². The molecule has 5 heteroatoms. The summed E-state index contributed by atoms with van der Waals surface area (Å²) in [5.74, 6) is 0. The fourth-order valence-corrected chi connectivity index (χ4v) is 1.80. The fourth-order valence-electron chi connectivity index (χ4n) is 1.03. The SMILES string of the molecule is CCC(CC=CNC(C)(C)C)S(=O)(=O)O. The molecule has 0 spiro atoms. The maximum absolute atomic E-state index is 10.9. The van der Waals surface area contributed by atoms with Crippen molar-refractivity contribution in [3.63, 3.8) is 0 Å². The van der Waals surface area contributed by atoms with Gasteiger partial charge in [0.1, 0.15) is 0 Å². The number of hydrogen-bond donors (Lipinski definition) is 2. The van der Waals surface area contributed by atoms with E-state index in [0.717, 1.165) is 0 Å². The minimum Gasteiger partial charge on any atom is -0.387 e. The van der Waals surface area contributed by atoms with Gasteiger partial charge in [0.25, 0.3) is 10.1 Å². The van der Waals surface area contributed by atoms with Crippen molar-refractivity contribution in [1.29, 1.82) is 0 Å². The Morgan fingerprint density at radius 3 is 2.27 bits per heavy atom. The predicted molar refractivity (Wildman–Crippen MR) is 62.3 cm³/mol. The van der Waals surface area contributed by atoms with E-state index in [0.29, 0.717) is 12.8 Å². The molecule has 0 fully saturated rings. The number of nitrogens with one attached hydrogen (secondary N) is 1. The Labute approximate surface area is 92.5 Å². The second kappa shape index (κ2) is 5.51. The first-order valence-corrected chi connectivity index (χ1v) is 6.56. The van der Waals surface area contributed by atoms with Gasteiger partial charge in [-0.1, -0.05) is 13.0 Å². The largest absolute Gasteiger partial charge is 0.387 e. The number of hydrogen-bond acceptors (Lipinski definition) is 3. The molecule has 0 aromatic rings. The normalized spacial score (nSPS) is 15.5. The maximum Gasteiger partial charge on any atom is 0.268 e. The zero-order valence-corrected chi connectivity index (χ0v) is 10.6. The predicted octanol–water partition coefficient (Wildman–Crippen LogP) is 1.94. The van der Waals surface area contributed by atoms with Gasteiger partial charge in [-0.05, 0) is 39.8 Å². The molecule has 0 aliphatic heterocycles. The summed E-state index contributed by atoms with van der Waals surface area (Å²) in [6, 6.07) is 0. The van der Waals surface area contributed by atoms with Crippen molar-refractivity contribution in [2.75, 3.05) is 0 Å². The third-order valence-corrected chi connectivity index (χ3v) is 3.28. The molecule has 1 unspecified atom stereocenters. The van der Waals surface area contributed by atoms with Crippen LogP contribution in [0.5, 0.6) is 0 Å². The van der Waals surface area contributed by atoms with Gasteiger partial charge in [-0.2, -0.15) is 8.42 Å². The molecular formula is C10H21NO3S. The lowest BCUT2D eigenvalue weighted by Gasteiger charge is -2.18. The van der Waals surface area contributed by atoms with Gasteiger partial charge in [-0.3, -0.25) is 4.55 Å². The molecule has 0 amide bonds. The van der Waals surface area contributed by atoms with E-state index in [2.05, 4.69) is 5.32 Å². The van der Waals surface area contributed by atoms with Crippen molar-refractivity contribution in [3.05, 3.63) is 12.3 Å². The molecule has 0 aliphatic carbocycles. The van der Waals surface area contributed by atoms with Crippen molar-refractivity contribution >= 4 is 10.1 Å². The lowest BCUT2D eigenvalue weighted by atomic mass is 10.1. The van der Waals surface area contributed by atoms with Crippen LogP contribution in [0.1, 0.15) is 40.5 Å². The van der Waals surface area contributed by atoms with Crippen LogP contribution < -0.4 is 5.32 Å². The lowest BCUT2D eigenvalue weighted by molar-refractivity contribution is 0.463. The van der Waals surface area contributed by atoms with E-state index < -0.39 is 15.4 Å². The molecule has 0 saturated carbocycles. The molecule has 0 radical (unpaired) electrons. The average Bonchev–Trinajstić information content (AvgIpc) is 1.99. The number of rotatable bonds is 5. The average molecular weight is 235 g/mol. The summed E-state index contributed by atoms with van der Waals surface area (Å²) >= 11 is 0. The molecule has 1 atom stereocenters. The Morgan fingerprint density at radius 2 is 1.93 bits per heavy atom. The summed E-state index contributed by atoms with van der Waals surface area (Å²) in [7, 11) is -3.91. The van der Waals surface area contributed by atoms with Crippen molar-refractivity contribution in [2.24, 2.45) is 0 Å². The summed E-state index contributed by atoms with van der Waals surface area (Å²) in [6.07, 6.45) is 4.21. The Hall–Kier alpha value is -0.550. The number of allylic oxidation sites excluding steroid dienone is 1. The van der Waals surface area contributed by atoms with E-state index in [1.807, 2.05) is 20.8 Å². The molecule has 0 aromatic carbocycles. The first-order chi connectivity index (χ1) is 6.67. The van der Waals surface area contributed by atoms with Crippen molar-refractivity contribution in [2.45, 2.75) is 51.3 Å². The van der Waals surface area contributed by atoms with Crippen molar-refractivity contribution in [1.82, 2.24) is 5.32 Å². The second-order valence-corrected chi connectivity index (χ2v) is 6.27. The van der Waals surface area contributed by atoms with E-state index in [4.69, 9.17) is 4.55 Å². The molecule has 2 N–H and O–H groups in total. The van der Waals surface area contributed by atoms with Crippen LogP contribution in [-0.4, -0.2) is 23.8 Å². The highest BCUT2D eigenvalue weighted by molar-refractivity contribution is 7.86. The molecule has 0 aromatic heterocycles. The van der Waals surface area contributed by atoms with Crippen molar-refractivity contribution in [3.8, 4) is 0 Å². The van der Waals surface area contributed by atoms with Crippen LogP contribution >= 0.6 is 0 Å². The van der Waals surface area contributed by atoms with Crippen LogP contribution in [0.4, 0.5) is 0 Å². The molecule has 0 heterocycles. The van der Waals surface area contributed by atoms with Crippen LogP contribution in [0.25, 0.3) is 0 Å².